The highest BCUT2D eigenvalue weighted by Crippen LogP contribution is 2.37. The van der Waals surface area contributed by atoms with Crippen molar-refractivity contribution in [1.29, 1.82) is 0 Å². The first-order valence-electron chi connectivity index (χ1n) is 11.6. The van der Waals surface area contributed by atoms with Gasteiger partial charge in [-0.25, -0.2) is 18.4 Å². The lowest BCUT2D eigenvalue weighted by atomic mass is 9.88. The van der Waals surface area contributed by atoms with Crippen LogP contribution in [-0.4, -0.2) is 59.4 Å². The fraction of sp³-hybridized carbons (Fsp3) is 0.462. The Kier molecular flexibility index (Phi) is 6.51. The summed E-state index contributed by atoms with van der Waals surface area (Å²) in [5.74, 6) is -0.343. The number of hydrogen-bond donors (Lipinski definition) is 1. The highest BCUT2D eigenvalue weighted by atomic mass is 19.1. The monoisotopic (exact) mass is 471 g/mol. The quantitative estimate of drug-likeness (QED) is 0.698. The van der Waals surface area contributed by atoms with Gasteiger partial charge in [-0.1, -0.05) is 36.4 Å². The van der Waals surface area contributed by atoms with Gasteiger partial charge in [0, 0.05) is 19.5 Å². The molecule has 0 bridgehead atoms. The van der Waals surface area contributed by atoms with Crippen LogP contribution in [0.2, 0.25) is 0 Å². The molecule has 1 saturated heterocycles. The molecule has 2 heterocycles. The van der Waals surface area contributed by atoms with E-state index in [1.807, 2.05) is 24.3 Å². The number of likely N-dealkylation sites (tertiary alicyclic amines) is 1. The van der Waals surface area contributed by atoms with E-state index in [2.05, 4.69) is 5.32 Å². The third-order valence-corrected chi connectivity index (χ3v) is 6.24. The maximum atomic E-state index is 15.5. The van der Waals surface area contributed by atoms with E-state index in [9.17, 15) is 14.0 Å². The zero-order valence-corrected chi connectivity index (χ0v) is 19.8. The number of carbonyl (C=O) groups excluding carboxylic acids is 2. The Morgan fingerprint density at radius 1 is 1.12 bits per heavy atom. The van der Waals surface area contributed by atoms with Crippen molar-refractivity contribution >= 4 is 12.1 Å². The Labute approximate surface area is 198 Å². The van der Waals surface area contributed by atoms with E-state index >= 15 is 4.39 Å². The van der Waals surface area contributed by atoms with Crippen LogP contribution in [0.5, 0.6) is 0 Å². The molecule has 0 spiro atoms. The first kappa shape index (κ1) is 24.0. The molecule has 1 N–H and O–H groups in total. The normalized spacial score (nSPS) is 22.3. The Hall–Kier alpha value is -3.16. The van der Waals surface area contributed by atoms with Gasteiger partial charge in [-0.05, 0) is 56.0 Å². The maximum Gasteiger partial charge on any atom is 0.407 e. The Morgan fingerprint density at radius 2 is 1.82 bits per heavy atom. The molecule has 3 amide bonds. The number of urea groups is 1. The minimum absolute atomic E-state index is 0.115. The van der Waals surface area contributed by atoms with Crippen molar-refractivity contribution in [1.82, 2.24) is 15.1 Å². The molecule has 2 atom stereocenters. The number of carbonyl (C=O) groups is 2. The second kappa shape index (κ2) is 9.24. The SMILES string of the molecule is CC(C)(C)OC(=O)NCC1(F)CCN(C(=O)N2CCc3ccccc3[C@@H]2c2ccc(F)cc2)C1. The molecule has 182 valence electrons. The Morgan fingerprint density at radius 3 is 2.53 bits per heavy atom. The fourth-order valence-corrected chi connectivity index (χ4v) is 4.65. The third kappa shape index (κ3) is 5.32. The van der Waals surface area contributed by atoms with Crippen LogP contribution >= 0.6 is 0 Å². The van der Waals surface area contributed by atoms with Gasteiger partial charge < -0.3 is 19.9 Å². The maximum absolute atomic E-state index is 15.5. The highest BCUT2D eigenvalue weighted by Gasteiger charge is 2.44. The van der Waals surface area contributed by atoms with Crippen LogP contribution in [-0.2, 0) is 11.2 Å². The van der Waals surface area contributed by atoms with Crippen molar-refractivity contribution < 1.29 is 23.1 Å². The van der Waals surface area contributed by atoms with Crippen molar-refractivity contribution in [2.24, 2.45) is 0 Å². The largest absolute Gasteiger partial charge is 0.444 e. The van der Waals surface area contributed by atoms with Crippen molar-refractivity contribution in [3.63, 3.8) is 0 Å². The summed E-state index contributed by atoms with van der Waals surface area (Å²) in [6.07, 6.45) is 0.132. The van der Waals surface area contributed by atoms with Gasteiger partial charge in [0.2, 0.25) is 0 Å². The smallest absolute Gasteiger partial charge is 0.407 e. The van der Waals surface area contributed by atoms with E-state index < -0.39 is 17.4 Å². The summed E-state index contributed by atoms with van der Waals surface area (Å²) >= 11 is 0. The number of alkyl carbamates (subject to hydrolysis) is 1. The van der Waals surface area contributed by atoms with Crippen molar-refractivity contribution in [2.75, 3.05) is 26.2 Å². The van der Waals surface area contributed by atoms with Gasteiger partial charge in [0.25, 0.3) is 0 Å². The van der Waals surface area contributed by atoms with Gasteiger partial charge in [-0.15, -0.1) is 0 Å². The molecule has 1 fully saturated rings. The average molecular weight is 472 g/mol. The molecule has 0 saturated carbocycles. The summed E-state index contributed by atoms with van der Waals surface area (Å²) in [6.45, 7) is 5.60. The predicted octanol–water partition coefficient (Wildman–Crippen LogP) is 4.83. The van der Waals surface area contributed by atoms with Crippen LogP contribution in [0.3, 0.4) is 0 Å². The standard InChI is InChI=1S/C26H31F2N3O3/c1-25(2,3)34-23(32)29-16-26(28)13-15-30(17-26)24(33)31-14-12-18-6-4-5-7-21(18)22(31)19-8-10-20(27)11-9-19/h4-11,22H,12-17H2,1-3H3,(H,29,32)/t22-,26?/m0/s1. The minimum atomic E-state index is -1.73. The molecule has 2 aromatic carbocycles. The van der Waals surface area contributed by atoms with Gasteiger partial charge in [0.15, 0.2) is 0 Å². The van der Waals surface area contributed by atoms with Crippen LogP contribution in [0.1, 0.15) is 49.9 Å². The van der Waals surface area contributed by atoms with Gasteiger partial charge in [-0.3, -0.25) is 0 Å². The van der Waals surface area contributed by atoms with E-state index in [4.69, 9.17) is 4.74 Å². The lowest BCUT2D eigenvalue weighted by Gasteiger charge is -2.39. The number of fused-ring (bicyclic) bond motifs is 1. The van der Waals surface area contributed by atoms with Crippen LogP contribution < -0.4 is 5.32 Å². The number of nitrogens with zero attached hydrogens (tertiary/aromatic N) is 2. The molecular formula is C26H31F2N3O3. The Bertz CT molecular complexity index is 1050. The number of benzene rings is 2. The minimum Gasteiger partial charge on any atom is -0.444 e. The Balaban J connectivity index is 1.49. The lowest BCUT2D eigenvalue weighted by Crippen LogP contribution is -2.49. The van der Waals surface area contributed by atoms with E-state index in [1.165, 1.54) is 17.0 Å². The van der Waals surface area contributed by atoms with Gasteiger partial charge in [0.1, 0.15) is 17.1 Å². The number of rotatable bonds is 3. The summed E-state index contributed by atoms with van der Waals surface area (Å²) in [5.41, 5.74) is 0.533. The predicted molar refractivity (Wildman–Crippen MR) is 125 cm³/mol. The molecule has 0 radical (unpaired) electrons. The zero-order chi connectivity index (χ0) is 24.5. The van der Waals surface area contributed by atoms with Gasteiger partial charge >= 0.3 is 12.1 Å². The van der Waals surface area contributed by atoms with E-state index in [0.29, 0.717) is 13.0 Å². The van der Waals surface area contributed by atoms with Gasteiger partial charge in [-0.2, -0.15) is 0 Å². The second-order valence-electron chi connectivity index (χ2n) is 10.1. The topological polar surface area (TPSA) is 61.9 Å². The van der Waals surface area contributed by atoms with Crippen molar-refractivity contribution in [2.45, 2.75) is 50.9 Å². The molecule has 0 aliphatic carbocycles. The fourth-order valence-electron chi connectivity index (χ4n) is 4.65. The first-order chi connectivity index (χ1) is 16.0. The molecule has 8 heteroatoms. The summed E-state index contributed by atoms with van der Waals surface area (Å²) in [7, 11) is 0. The average Bonchev–Trinajstić information content (AvgIpc) is 3.18. The molecule has 1 unspecified atom stereocenters. The number of nitrogens with one attached hydrogen (secondary N) is 1. The van der Waals surface area contributed by atoms with Crippen LogP contribution in [0.25, 0.3) is 0 Å². The summed E-state index contributed by atoms with van der Waals surface area (Å²) < 4.78 is 34.2. The number of ether oxygens (including phenoxy) is 1. The van der Waals surface area contributed by atoms with E-state index in [1.54, 1.807) is 37.8 Å². The highest BCUT2D eigenvalue weighted by molar-refractivity contribution is 5.77. The lowest BCUT2D eigenvalue weighted by molar-refractivity contribution is 0.0480. The molecule has 2 aliphatic rings. The molecular weight excluding hydrogens is 440 g/mol. The summed E-state index contributed by atoms with van der Waals surface area (Å²) in [4.78, 5) is 28.8. The summed E-state index contributed by atoms with van der Waals surface area (Å²) in [6, 6.07) is 13.4. The zero-order valence-electron chi connectivity index (χ0n) is 19.8. The first-order valence-corrected chi connectivity index (χ1v) is 11.6. The van der Waals surface area contributed by atoms with Crippen molar-refractivity contribution in [3.8, 4) is 0 Å². The van der Waals surface area contributed by atoms with Crippen LogP contribution in [0.15, 0.2) is 48.5 Å². The molecule has 2 aromatic rings. The van der Waals surface area contributed by atoms with Crippen LogP contribution in [0, 0.1) is 5.82 Å². The summed E-state index contributed by atoms with van der Waals surface area (Å²) in [5, 5.41) is 2.49. The second-order valence-corrected chi connectivity index (χ2v) is 10.1. The van der Waals surface area contributed by atoms with E-state index in [-0.39, 0.29) is 43.9 Å². The molecule has 34 heavy (non-hydrogen) atoms. The number of halogens is 2. The van der Waals surface area contributed by atoms with Gasteiger partial charge in [0.05, 0.1) is 19.1 Å². The van der Waals surface area contributed by atoms with E-state index in [0.717, 1.165) is 16.7 Å². The third-order valence-electron chi connectivity index (χ3n) is 6.24. The number of amides is 3. The van der Waals surface area contributed by atoms with Crippen LogP contribution in [0.4, 0.5) is 18.4 Å². The molecule has 2 aliphatic heterocycles. The number of alkyl halides is 1. The molecule has 6 nitrogen and oxygen atoms in total. The molecule has 0 aromatic heterocycles. The number of hydrogen-bond acceptors (Lipinski definition) is 3. The molecule has 4 rings (SSSR count). The van der Waals surface area contributed by atoms with Crippen molar-refractivity contribution in [3.05, 3.63) is 71.0 Å².